The normalized spacial score (nSPS) is 12.8. The lowest BCUT2D eigenvalue weighted by Crippen LogP contribution is -2.24. The van der Waals surface area contributed by atoms with E-state index in [2.05, 4.69) is 55.2 Å². The first kappa shape index (κ1) is 14.7. The van der Waals surface area contributed by atoms with Crippen LogP contribution >= 0.6 is 0 Å². The lowest BCUT2D eigenvalue weighted by Gasteiger charge is -2.16. The van der Waals surface area contributed by atoms with Crippen molar-refractivity contribution in [3.63, 3.8) is 0 Å². The Morgan fingerprint density at radius 2 is 2.10 bits per heavy atom. The number of hydrogen-bond donors (Lipinski definition) is 1. The minimum atomic E-state index is 0.218. The maximum Gasteiger partial charge on any atom is 0.0644 e. The minimum Gasteiger partial charge on any atom is -0.309 e. The number of hydrogen-bond acceptors (Lipinski definition) is 3. The predicted molar refractivity (Wildman–Crippen MR) is 81.7 cm³/mol. The van der Waals surface area contributed by atoms with Crippen molar-refractivity contribution >= 4 is 0 Å². The summed E-state index contributed by atoms with van der Waals surface area (Å²) in [7, 11) is 0. The highest BCUT2D eigenvalue weighted by molar-refractivity contribution is 5.19. The van der Waals surface area contributed by atoms with E-state index < -0.39 is 0 Å². The van der Waals surface area contributed by atoms with Crippen LogP contribution in [0.2, 0.25) is 0 Å². The number of rotatable bonds is 6. The van der Waals surface area contributed by atoms with Crippen molar-refractivity contribution in [2.24, 2.45) is 0 Å². The van der Waals surface area contributed by atoms with E-state index >= 15 is 0 Å². The Hall–Kier alpha value is -1.68. The smallest absolute Gasteiger partial charge is 0.0644 e. The SMILES string of the molecule is CCNC(Cc1ccn(C(C)C)n1)c1cc(C)ccn1. The van der Waals surface area contributed by atoms with Crippen molar-refractivity contribution in [2.75, 3.05) is 6.54 Å². The van der Waals surface area contributed by atoms with Gasteiger partial charge in [0.1, 0.15) is 0 Å². The molecular formula is C16H24N4. The van der Waals surface area contributed by atoms with Gasteiger partial charge in [-0.25, -0.2) is 0 Å². The molecule has 0 aliphatic heterocycles. The summed E-state index contributed by atoms with van der Waals surface area (Å²) >= 11 is 0. The molecule has 2 rings (SSSR count). The molecule has 1 N–H and O–H groups in total. The first-order valence-electron chi connectivity index (χ1n) is 7.30. The third-order valence-electron chi connectivity index (χ3n) is 3.35. The van der Waals surface area contributed by atoms with Crippen molar-refractivity contribution < 1.29 is 0 Å². The van der Waals surface area contributed by atoms with Gasteiger partial charge < -0.3 is 5.32 Å². The van der Waals surface area contributed by atoms with E-state index in [9.17, 15) is 0 Å². The number of aryl methyl sites for hydroxylation is 1. The maximum absolute atomic E-state index is 4.63. The summed E-state index contributed by atoms with van der Waals surface area (Å²) in [5, 5.41) is 8.13. The summed E-state index contributed by atoms with van der Waals surface area (Å²) in [4.78, 5) is 4.50. The fraction of sp³-hybridized carbons (Fsp3) is 0.500. The predicted octanol–water partition coefficient (Wildman–Crippen LogP) is 3.06. The topological polar surface area (TPSA) is 42.7 Å². The molecule has 0 bridgehead atoms. The van der Waals surface area contributed by atoms with Gasteiger partial charge >= 0.3 is 0 Å². The van der Waals surface area contributed by atoms with Gasteiger partial charge in [-0.15, -0.1) is 0 Å². The van der Waals surface area contributed by atoms with Crippen LogP contribution in [0.3, 0.4) is 0 Å². The number of nitrogens with zero attached hydrogens (tertiary/aromatic N) is 3. The van der Waals surface area contributed by atoms with Gasteiger partial charge in [0, 0.05) is 24.9 Å². The van der Waals surface area contributed by atoms with Crippen molar-refractivity contribution in [1.82, 2.24) is 20.1 Å². The Kier molecular flexibility index (Phi) is 4.90. The van der Waals surface area contributed by atoms with Gasteiger partial charge in [-0.2, -0.15) is 5.10 Å². The molecule has 0 fully saturated rings. The molecule has 2 heterocycles. The third-order valence-corrected chi connectivity index (χ3v) is 3.35. The monoisotopic (exact) mass is 272 g/mol. The summed E-state index contributed by atoms with van der Waals surface area (Å²) in [5.41, 5.74) is 3.43. The van der Waals surface area contributed by atoms with E-state index in [4.69, 9.17) is 0 Å². The van der Waals surface area contributed by atoms with Crippen molar-refractivity contribution in [2.45, 2.75) is 46.2 Å². The zero-order chi connectivity index (χ0) is 14.5. The molecular weight excluding hydrogens is 248 g/mol. The molecule has 108 valence electrons. The Balaban J connectivity index is 2.16. The second-order valence-electron chi connectivity index (χ2n) is 5.45. The molecule has 0 radical (unpaired) electrons. The molecule has 0 spiro atoms. The highest BCUT2D eigenvalue weighted by Crippen LogP contribution is 2.17. The minimum absolute atomic E-state index is 0.218. The lowest BCUT2D eigenvalue weighted by molar-refractivity contribution is 0.501. The lowest BCUT2D eigenvalue weighted by atomic mass is 10.1. The largest absolute Gasteiger partial charge is 0.309 e. The Morgan fingerprint density at radius 1 is 1.30 bits per heavy atom. The van der Waals surface area contributed by atoms with E-state index in [1.807, 2.05) is 23.1 Å². The summed E-state index contributed by atoms with van der Waals surface area (Å²) < 4.78 is 2.00. The van der Waals surface area contributed by atoms with Crippen LogP contribution in [0.4, 0.5) is 0 Å². The second-order valence-corrected chi connectivity index (χ2v) is 5.45. The van der Waals surface area contributed by atoms with Gasteiger partial charge in [0.05, 0.1) is 17.4 Å². The van der Waals surface area contributed by atoms with Crippen molar-refractivity contribution in [3.8, 4) is 0 Å². The number of aromatic nitrogens is 3. The molecule has 0 amide bonds. The van der Waals surface area contributed by atoms with Crippen molar-refractivity contribution in [1.29, 1.82) is 0 Å². The van der Waals surface area contributed by atoms with Crippen LogP contribution in [-0.4, -0.2) is 21.3 Å². The summed E-state index contributed by atoms with van der Waals surface area (Å²) in [6.07, 6.45) is 4.79. The van der Waals surface area contributed by atoms with Gasteiger partial charge in [0.2, 0.25) is 0 Å². The Labute approximate surface area is 121 Å². The van der Waals surface area contributed by atoms with Crippen LogP contribution in [0.5, 0.6) is 0 Å². The average Bonchev–Trinajstić information content (AvgIpc) is 2.87. The van der Waals surface area contributed by atoms with Gasteiger partial charge in [-0.3, -0.25) is 9.67 Å². The number of pyridine rings is 1. The van der Waals surface area contributed by atoms with Gasteiger partial charge in [-0.05, 0) is 51.1 Å². The maximum atomic E-state index is 4.63. The van der Waals surface area contributed by atoms with Gasteiger partial charge in [0.25, 0.3) is 0 Å². The molecule has 0 saturated carbocycles. The van der Waals surface area contributed by atoms with Gasteiger partial charge in [-0.1, -0.05) is 6.92 Å². The fourth-order valence-corrected chi connectivity index (χ4v) is 2.26. The molecule has 1 atom stereocenters. The van der Waals surface area contributed by atoms with E-state index in [0.29, 0.717) is 6.04 Å². The summed E-state index contributed by atoms with van der Waals surface area (Å²) in [5.74, 6) is 0. The third kappa shape index (κ3) is 3.67. The Morgan fingerprint density at radius 3 is 2.70 bits per heavy atom. The second kappa shape index (κ2) is 6.66. The number of likely N-dealkylation sites (N-methyl/N-ethyl adjacent to an activating group) is 1. The number of nitrogens with one attached hydrogen (secondary N) is 1. The Bertz CT molecular complexity index is 545. The molecule has 1 unspecified atom stereocenters. The standard InChI is InChI=1S/C16H24N4/c1-5-17-16(15-10-13(4)6-8-18-15)11-14-7-9-20(19-14)12(2)3/h6-10,12,16-17H,5,11H2,1-4H3. The van der Waals surface area contributed by atoms with Crippen molar-refractivity contribution in [3.05, 3.63) is 47.5 Å². The molecule has 0 aliphatic carbocycles. The molecule has 0 aliphatic rings. The molecule has 0 aromatic carbocycles. The molecule has 0 saturated heterocycles. The molecule has 20 heavy (non-hydrogen) atoms. The summed E-state index contributed by atoms with van der Waals surface area (Å²) in [6, 6.07) is 6.89. The van der Waals surface area contributed by atoms with Crippen LogP contribution < -0.4 is 5.32 Å². The fourth-order valence-electron chi connectivity index (χ4n) is 2.26. The molecule has 2 aromatic rings. The first-order chi connectivity index (χ1) is 9.60. The van der Waals surface area contributed by atoms with Crippen LogP contribution in [0.1, 0.15) is 49.8 Å². The zero-order valence-electron chi connectivity index (χ0n) is 12.8. The van der Waals surface area contributed by atoms with Crippen LogP contribution in [0.25, 0.3) is 0 Å². The molecule has 4 heteroatoms. The van der Waals surface area contributed by atoms with Crippen LogP contribution in [0.15, 0.2) is 30.6 Å². The van der Waals surface area contributed by atoms with Gasteiger partial charge in [0.15, 0.2) is 0 Å². The molecule has 2 aromatic heterocycles. The van der Waals surface area contributed by atoms with Crippen LogP contribution in [-0.2, 0) is 6.42 Å². The van der Waals surface area contributed by atoms with E-state index in [1.54, 1.807) is 0 Å². The highest BCUT2D eigenvalue weighted by atomic mass is 15.3. The van der Waals surface area contributed by atoms with E-state index in [0.717, 1.165) is 24.4 Å². The average molecular weight is 272 g/mol. The summed E-state index contributed by atoms with van der Waals surface area (Å²) in [6.45, 7) is 9.42. The van der Waals surface area contributed by atoms with E-state index in [1.165, 1.54) is 5.56 Å². The first-order valence-corrected chi connectivity index (χ1v) is 7.30. The zero-order valence-corrected chi connectivity index (χ0v) is 12.8. The van der Waals surface area contributed by atoms with E-state index in [-0.39, 0.29) is 6.04 Å². The quantitative estimate of drug-likeness (QED) is 0.879. The van der Waals surface area contributed by atoms with Crippen LogP contribution in [0, 0.1) is 6.92 Å². The highest BCUT2D eigenvalue weighted by Gasteiger charge is 2.14. The molecule has 4 nitrogen and oxygen atoms in total.